The van der Waals surface area contributed by atoms with Gasteiger partial charge in [0.15, 0.2) is 0 Å². The summed E-state index contributed by atoms with van der Waals surface area (Å²) in [5.74, 6) is -0.773. The van der Waals surface area contributed by atoms with Crippen LogP contribution in [0.3, 0.4) is 0 Å². The van der Waals surface area contributed by atoms with Crippen LogP contribution in [0, 0.1) is 12.7 Å². The number of rotatable bonds is 3. The van der Waals surface area contributed by atoms with Gasteiger partial charge in [-0.1, -0.05) is 29.3 Å². The normalized spacial score (nSPS) is 11.4. The lowest BCUT2D eigenvalue weighted by Gasteiger charge is -2.13. The maximum atomic E-state index is 13.7. The number of nitrogens with two attached hydrogens (primary N) is 1. The molecule has 0 bridgehead atoms. The first-order chi connectivity index (χ1) is 9.72. The van der Waals surface area contributed by atoms with Crippen molar-refractivity contribution in [2.45, 2.75) is 11.8 Å². The molecule has 21 heavy (non-hydrogen) atoms. The highest BCUT2D eigenvalue weighted by molar-refractivity contribution is 7.92. The van der Waals surface area contributed by atoms with Gasteiger partial charge in [-0.2, -0.15) is 0 Å². The number of hydrogen-bond acceptors (Lipinski definition) is 3. The van der Waals surface area contributed by atoms with Crippen LogP contribution in [0.1, 0.15) is 5.56 Å². The molecular formula is C13H11Cl2FN2O2S. The van der Waals surface area contributed by atoms with E-state index in [-0.39, 0.29) is 26.3 Å². The lowest BCUT2D eigenvalue weighted by atomic mass is 10.2. The summed E-state index contributed by atoms with van der Waals surface area (Å²) in [7, 11) is -4.04. The Bertz CT molecular complexity index is 790. The summed E-state index contributed by atoms with van der Waals surface area (Å²) in [5.41, 5.74) is 5.80. The van der Waals surface area contributed by atoms with Gasteiger partial charge >= 0.3 is 0 Å². The highest BCUT2D eigenvalue weighted by Gasteiger charge is 2.21. The zero-order valence-corrected chi connectivity index (χ0v) is 13.2. The van der Waals surface area contributed by atoms with Crippen LogP contribution in [0.4, 0.5) is 15.8 Å². The van der Waals surface area contributed by atoms with Crippen molar-refractivity contribution in [3.63, 3.8) is 0 Å². The van der Waals surface area contributed by atoms with E-state index in [9.17, 15) is 12.8 Å². The van der Waals surface area contributed by atoms with Gasteiger partial charge < -0.3 is 5.73 Å². The summed E-state index contributed by atoms with van der Waals surface area (Å²) in [6.07, 6.45) is 0. The van der Waals surface area contributed by atoms with E-state index in [0.29, 0.717) is 5.56 Å². The van der Waals surface area contributed by atoms with Gasteiger partial charge in [0.25, 0.3) is 10.0 Å². The molecule has 0 radical (unpaired) electrons. The van der Waals surface area contributed by atoms with Crippen molar-refractivity contribution >= 4 is 44.6 Å². The van der Waals surface area contributed by atoms with E-state index < -0.39 is 15.8 Å². The van der Waals surface area contributed by atoms with E-state index in [1.807, 2.05) is 0 Å². The van der Waals surface area contributed by atoms with Gasteiger partial charge in [0, 0.05) is 0 Å². The second-order valence-corrected chi connectivity index (χ2v) is 6.81. The minimum absolute atomic E-state index is 0.0434. The van der Waals surface area contributed by atoms with Crippen molar-refractivity contribution in [1.29, 1.82) is 0 Å². The van der Waals surface area contributed by atoms with Crippen LogP contribution in [-0.2, 0) is 10.0 Å². The number of nitrogens with one attached hydrogen (secondary N) is 1. The van der Waals surface area contributed by atoms with Gasteiger partial charge in [-0.15, -0.1) is 0 Å². The molecule has 0 aliphatic rings. The van der Waals surface area contributed by atoms with Crippen LogP contribution in [0.25, 0.3) is 0 Å². The van der Waals surface area contributed by atoms with Crippen LogP contribution in [0.2, 0.25) is 10.0 Å². The van der Waals surface area contributed by atoms with Crippen LogP contribution < -0.4 is 10.5 Å². The first kappa shape index (κ1) is 15.9. The third-order valence-corrected chi connectivity index (χ3v) is 4.92. The second kappa shape index (κ2) is 5.71. The van der Waals surface area contributed by atoms with E-state index in [0.717, 1.165) is 6.07 Å². The quantitative estimate of drug-likeness (QED) is 0.828. The van der Waals surface area contributed by atoms with Crippen molar-refractivity contribution in [1.82, 2.24) is 0 Å². The Morgan fingerprint density at radius 3 is 2.48 bits per heavy atom. The average Bonchev–Trinajstić information content (AvgIpc) is 2.38. The van der Waals surface area contributed by atoms with E-state index in [1.165, 1.54) is 24.3 Å². The van der Waals surface area contributed by atoms with Gasteiger partial charge in [0.05, 0.1) is 20.6 Å². The summed E-state index contributed by atoms with van der Waals surface area (Å²) in [5, 5.41) is 0.202. The summed E-state index contributed by atoms with van der Waals surface area (Å²) in [6, 6.07) is 6.50. The molecule has 4 nitrogen and oxygen atoms in total. The largest absolute Gasteiger partial charge is 0.397 e. The van der Waals surface area contributed by atoms with E-state index in [4.69, 9.17) is 28.9 Å². The van der Waals surface area contributed by atoms with Crippen molar-refractivity contribution in [2.75, 3.05) is 10.5 Å². The molecule has 0 spiro atoms. The Hall–Kier alpha value is -1.50. The minimum atomic E-state index is -4.04. The zero-order chi connectivity index (χ0) is 15.8. The topological polar surface area (TPSA) is 72.2 Å². The summed E-state index contributed by atoms with van der Waals surface area (Å²) >= 11 is 11.6. The second-order valence-electron chi connectivity index (χ2n) is 4.34. The molecule has 2 aromatic rings. The lowest BCUT2D eigenvalue weighted by Crippen LogP contribution is -2.16. The van der Waals surface area contributed by atoms with Gasteiger partial charge in [-0.3, -0.25) is 4.72 Å². The summed E-state index contributed by atoms with van der Waals surface area (Å²) in [4.78, 5) is -0.0938. The molecule has 0 unspecified atom stereocenters. The fourth-order valence-electron chi connectivity index (χ4n) is 1.74. The minimum Gasteiger partial charge on any atom is -0.397 e. The van der Waals surface area contributed by atoms with Gasteiger partial charge in [0.1, 0.15) is 11.5 Å². The molecule has 8 heteroatoms. The monoisotopic (exact) mass is 348 g/mol. The molecule has 0 saturated heterocycles. The predicted octanol–water partition coefficient (Wildman–Crippen LogP) is 3.82. The van der Waals surface area contributed by atoms with Crippen molar-refractivity contribution < 1.29 is 12.8 Å². The third-order valence-electron chi connectivity index (χ3n) is 2.78. The predicted molar refractivity (Wildman–Crippen MR) is 82.8 cm³/mol. The fourth-order valence-corrected chi connectivity index (χ4v) is 3.58. The molecule has 0 saturated carbocycles. The van der Waals surface area contributed by atoms with Crippen LogP contribution in [0.15, 0.2) is 35.2 Å². The Morgan fingerprint density at radius 1 is 1.19 bits per heavy atom. The van der Waals surface area contributed by atoms with Crippen LogP contribution in [0.5, 0.6) is 0 Å². The molecule has 0 atom stereocenters. The van der Waals surface area contributed by atoms with E-state index in [2.05, 4.69) is 4.72 Å². The molecule has 2 rings (SSSR count). The smallest absolute Gasteiger partial charge is 0.262 e. The summed E-state index contributed by atoms with van der Waals surface area (Å²) in [6.45, 7) is 1.56. The number of aryl methyl sites for hydroxylation is 1. The number of anilines is 2. The molecule has 3 N–H and O–H groups in total. The Morgan fingerprint density at radius 2 is 1.86 bits per heavy atom. The Kier molecular flexibility index (Phi) is 4.32. The maximum absolute atomic E-state index is 13.7. The standard InChI is InChI=1S/C13H11Cl2FN2O2S/c1-7-5-9(15)11(17)6-12(7)21(19,20)18-13-8(14)3-2-4-10(13)16/h2-6,18H,17H2,1H3. The van der Waals surface area contributed by atoms with Crippen molar-refractivity contribution in [3.8, 4) is 0 Å². The number of halogens is 3. The molecule has 112 valence electrons. The van der Waals surface area contributed by atoms with E-state index in [1.54, 1.807) is 6.92 Å². The van der Waals surface area contributed by atoms with Crippen LogP contribution in [-0.4, -0.2) is 8.42 Å². The summed E-state index contributed by atoms with van der Waals surface area (Å²) < 4.78 is 40.5. The van der Waals surface area contributed by atoms with E-state index >= 15 is 0 Å². The van der Waals surface area contributed by atoms with Gasteiger partial charge in [-0.05, 0) is 36.8 Å². The Labute approximate surface area is 131 Å². The third kappa shape index (κ3) is 3.23. The van der Waals surface area contributed by atoms with Crippen LogP contribution >= 0.6 is 23.2 Å². The van der Waals surface area contributed by atoms with Gasteiger partial charge in [0.2, 0.25) is 0 Å². The molecule has 2 aromatic carbocycles. The number of para-hydroxylation sites is 1. The first-order valence-electron chi connectivity index (χ1n) is 5.75. The SMILES string of the molecule is Cc1cc(Cl)c(N)cc1S(=O)(=O)Nc1c(F)cccc1Cl. The van der Waals surface area contributed by atoms with Crippen molar-refractivity contribution in [2.24, 2.45) is 0 Å². The molecule has 0 aliphatic carbocycles. The number of sulfonamides is 1. The number of hydrogen-bond donors (Lipinski definition) is 2. The van der Waals surface area contributed by atoms with Gasteiger partial charge in [-0.25, -0.2) is 12.8 Å². The zero-order valence-electron chi connectivity index (χ0n) is 10.8. The molecule has 0 aromatic heterocycles. The van der Waals surface area contributed by atoms with Crippen molar-refractivity contribution in [3.05, 3.63) is 51.8 Å². The molecular weight excluding hydrogens is 338 g/mol. The average molecular weight is 349 g/mol. The molecule has 0 aliphatic heterocycles. The highest BCUT2D eigenvalue weighted by atomic mass is 35.5. The first-order valence-corrected chi connectivity index (χ1v) is 7.99. The maximum Gasteiger partial charge on any atom is 0.262 e. The molecule has 0 heterocycles. The fraction of sp³-hybridized carbons (Fsp3) is 0.0769. The number of benzene rings is 2. The lowest BCUT2D eigenvalue weighted by molar-refractivity contribution is 0.598. The number of nitrogen functional groups attached to an aromatic ring is 1. The Balaban J connectivity index is 2.51. The highest BCUT2D eigenvalue weighted by Crippen LogP contribution is 2.30. The molecule has 0 amide bonds. The molecule has 0 fully saturated rings.